The topological polar surface area (TPSA) is 65.9 Å². The second-order valence-electron chi connectivity index (χ2n) is 7.33. The molecular formula is C17H15Cl2N2O2-. The second kappa shape index (κ2) is 4.17. The predicted molar refractivity (Wildman–Crippen MR) is 86.6 cm³/mol. The molecule has 2 aromatic rings. The lowest BCUT2D eigenvalue weighted by Gasteiger charge is -2.41. The van der Waals surface area contributed by atoms with Gasteiger partial charge in [0.25, 0.3) is 0 Å². The Balaban J connectivity index is 2.13. The van der Waals surface area contributed by atoms with Gasteiger partial charge in [0.2, 0.25) is 0 Å². The van der Waals surface area contributed by atoms with Crippen LogP contribution in [0.25, 0.3) is 11.0 Å². The molecule has 1 fully saturated rings. The van der Waals surface area contributed by atoms with Crippen molar-refractivity contribution in [3.8, 4) is 0 Å². The normalized spacial score (nSPS) is 30.7. The third-order valence-electron chi connectivity index (χ3n) is 6.43. The third kappa shape index (κ3) is 1.47. The molecule has 0 aliphatic heterocycles. The van der Waals surface area contributed by atoms with Crippen LogP contribution in [0, 0.1) is 5.41 Å². The van der Waals surface area contributed by atoms with E-state index in [2.05, 4.69) is 11.9 Å². The number of hydrogen-bond acceptors (Lipinski definition) is 4. The number of carboxylic acids is 1. The first-order chi connectivity index (χ1) is 10.6. The SMILES string of the molecule is CC1(C)[C@]2(C)CC[C@@]1(C(=O)[O-])c1nc3cc(Cl)c(Cl)cc3nc12. The van der Waals surface area contributed by atoms with Gasteiger partial charge in [0, 0.05) is 5.41 Å². The standard InChI is InChI=1S/C17H16Cl2N2O2/c1-15(2)16(3)4-5-17(15,14(22)23)13-12(16)20-10-6-8(18)9(19)7-11(10)21-13/h6-7H,4-5H2,1-3H3,(H,22,23)/p-1/t16-,17+/m1/s1. The number of carbonyl (C=O) groups is 1. The molecule has 2 bridgehead atoms. The minimum absolute atomic E-state index is 0.351. The molecule has 0 saturated heterocycles. The average molecular weight is 350 g/mol. The van der Waals surface area contributed by atoms with Gasteiger partial charge in [-0.15, -0.1) is 0 Å². The van der Waals surface area contributed by atoms with Gasteiger partial charge in [-0.05, 0) is 30.4 Å². The number of halogens is 2. The highest BCUT2D eigenvalue weighted by molar-refractivity contribution is 6.42. The minimum atomic E-state index is -1.11. The number of fused-ring (bicyclic) bond motifs is 6. The molecule has 2 aliphatic rings. The van der Waals surface area contributed by atoms with Crippen LogP contribution in [0.15, 0.2) is 12.1 Å². The highest BCUT2D eigenvalue weighted by Crippen LogP contribution is 2.69. The smallest absolute Gasteiger partial charge is 0.0906 e. The molecule has 1 aromatic carbocycles. The number of rotatable bonds is 1. The predicted octanol–water partition coefficient (Wildman–Crippen LogP) is 3.02. The molecule has 0 unspecified atom stereocenters. The van der Waals surface area contributed by atoms with E-state index in [0.29, 0.717) is 33.2 Å². The van der Waals surface area contributed by atoms with Gasteiger partial charge in [0.1, 0.15) is 0 Å². The molecule has 6 heteroatoms. The maximum absolute atomic E-state index is 12.1. The lowest BCUT2D eigenvalue weighted by atomic mass is 9.64. The molecule has 1 heterocycles. The van der Waals surface area contributed by atoms with E-state index >= 15 is 0 Å². The van der Waals surface area contributed by atoms with Crippen LogP contribution in [0.1, 0.15) is 45.0 Å². The molecule has 2 aliphatic carbocycles. The number of aliphatic carboxylic acids is 1. The van der Waals surface area contributed by atoms with E-state index in [4.69, 9.17) is 28.2 Å². The Morgan fingerprint density at radius 3 is 2.09 bits per heavy atom. The monoisotopic (exact) mass is 349 g/mol. The fraction of sp³-hybridized carbons (Fsp3) is 0.471. The Morgan fingerprint density at radius 2 is 1.57 bits per heavy atom. The number of carboxylic acid groups (broad SMARTS) is 1. The zero-order valence-electron chi connectivity index (χ0n) is 13.0. The van der Waals surface area contributed by atoms with Crippen molar-refractivity contribution in [3.05, 3.63) is 33.6 Å². The van der Waals surface area contributed by atoms with Crippen LogP contribution >= 0.6 is 23.2 Å². The van der Waals surface area contributed by atoms with Crippen LogP contribution in [0.5, 0.6) is 0 Å². The molecule has 120 valence electrons. The molecular weight excluding hydrogens is 335 g/mol. The molecule has 1 saturated carbocycles. The van der Waals surface area contributed by atoms with Crippen molar-refractivity contribution in [1.29, 1.82) is 0 Å². The summed E-state index contributed by atoms with van der Waals surface area (Å²) >= 11 is 12.2. The van der Waals surface area contributed by atoms with Gasteiger partial charge >= 0.3 is 0 Å². The maximum Gasteiger partial charge on any atom is 0.0906 e. The van der Waals surface area contributed by atoms with Crippen LogP contribution in [0.2, 0.25) is 10.0 Å². The third-order valence-corrected chi connectivity index (χ3v) is 7.15. The first-order valence-electron chi connectivity index (χ1n) is 7.54. The van der Waals surface area contributed by atoms with Crippen molar-refractivity contribution in [2.24, 2.45) is 5.41 Å². The van der Waals surface area contributed by atoms with Crippen molar-refractivity contribution < 1.29 is 9.90 Å². The summed E-state index contributed by atoms with van der Waals surface area (Å²) in [6.45, 7) is 6.02. The van der Waals surface area contributed by atoms with Crippen molar-refractivity contribution in [3.63, 3.8) is 0 Å². The fourth-order valence-corrected chi connectivity index (χ4v) is 4.87. The Kier molecular flexibility index (Phi) is 2.75. The molecule has 0 spiro atoms. The van der Waals surface area contributed by atoms with Crippen molar-refractivity contribution in [2.45, 2.75) is 44.4 Å². The van der Waals surface area contributed by atoms with Crippen LogP contribution in [0.4, 0.5) is 0 Å². The highest BCUT2D eigenvalue weighted by atomic mass is 35.5. The quantitative estimate of drug-likeness (QED) is 0.793. The molecule has 0 radical (unpaired) electrons. The lowest BCUT2D eigenvalue weighted by Crippen LogP contribution is -2.52. The molecule has 0 N–H and O–H groups in total. The van der Waals surface area contributed by atoms with E-state index in [1.54, 1.807) is 12.1 Å². The van der Waals surface area contributed by atoms with E-state index in [0.717, 1.165) is 12.1 Å². The van der Waals surface area contributed by atoms with Gasteiger partial charge in [0.15, 0.2) is 0 Å². The Hall–Kier alpha value is -1.39. The Labute approximate surface area is 143 Å². The number of carbonyl (C=O) groups excluding carboxylic acids is 1. The first kappa shape index (κ1) is 15.2. The van der Waals surface area contributed by atoms with Crippen molar-refractivity contribution >= 4 is 40.2 Å². The van der Waals surface area contributed by atoms with Gasteiger partial charge in [-0.2, -0.15) is 0 Å². The van der Waals surface area contributed by atoms with Gasteiger partial charge in [-0.25, -0.2) is 9.97 Å². The lowest BCUT2D eigenvalue weighted by molar-refractivity contribution is -0.317. The van der Waals surface area contributed by atoms with E-state index in [1.165, 1.54) is 0 Å². The Bertz CT molecular complexity index is 896. The molecule has 23 heavy (non-hydrogen) atoms. The maximum atomic E-state index is 12.1. The van der Waals surface area contributed by atoms with Crippen LogP contribution in [-0.4, -0.2) is 15.9 Å². The summed E-state index contributed by atoms with van der Waals surface area (Å²) in [6, 6.07) is 3.32. The summed E-state index contributed by atoms with van der Waals surface area (Å²) in [7, 11) is 0. The van der Waals surface area contributed by atoms with Crippen LogP contribution < -0.4 is 5.11 Å². The zero-order valence-corrected chi connectivity index (χ0v) is 14.5. The highest BCUT2D eigenvalue weighted by Gasteiger charge is 2.70. The summed E-state index contributed by atoms with van der Waals surface area (Å²) in [6.07, 6.45) is 1.27. The summed E-state index contributed by atoms with van der Waals surface area (Å²) in [5.74, 6) is -1.07. The summed E-state index contributed by atoms with van der Waals surface area (Å²) in [4.78, 5) is 21.5. The molecule has 2 atom stereocenters. The zero-order chi connectivity index (χ0) is 16.8. The van der Waals surface area contributed by atoms with Gasteiger partial charge in [0.05, 0.1) is 43.9 Å². The van der Waals surface area contributed by atoms with E-state index in [9.17, 15) is 9.90 Å². The van der Waals surface area contributed by atoms with Crippen LogP contribution in [0.3, 0.4) is 0 Å². The number of aromatic nitrogens is 2. The second-order valence-corrected chi connectivity index (χ2v) is 8.14. The number of hydrogen-bond donors (Lipinski definition) is 0. The fourth-order valence-electron chi connectivity index (χ4n) is 4.55. The first-order valence-corrected chi connectivity index (χ1v) is 8.30. The molecule has 4 nitrogen and oxygen atoms in total. The van der Waals surface area contributed by atoms with E-state index in [1.807, 2.05) is 13.8 Å². The number of nitrogens with zero attached hydrogens (tertiary/aromatic N) is 2. The molecule has 0 amide bonds. The summed E-state index contributed by atoms with van der Waals surface area (Å²) in [5, 5.41) is 12.9. The van der Waals surface area contributed by atoms with Gasteiger partial charge in [-0.3, -0.25) is 0 Å². The summed E-state index contributed by atoms with van der Waals surface area (Å²) in [5.41, 5.74) is 0.500. The van der Waals surface area contributed by atoms with Crippen LogP contribution in [-0.2, 0) is 15.6 Å². The van der Waals surface area contributed by atoms with Crippen molar-refractivity contribution in [1.82, 2.24) is 9.97 Å². The molecule has 1 aromatic heterocycles. The molecule has 4 rings (SSSR count). The largest absolute Gasteiger partial charge is 0.549 e. The average Bonchev–Trinajstić information content (AvgIpc) is 2.75. The van der Waals surface area contributed by atoms with Crippen molar-refractivity contribution in [2.75, 3.05) is 0 Å². The van der Waals surface area contributed by atoms with Gasteiger partial charge in [-0.1, -0.05) is 44.0 Å². The minimum Gasteiger partial charge on any atom is -0.549 e. The van der Waals surface area contributed by atoms with E-state index < -0.39 is 16.8 Å². The Morgan fingerprint density at radius 1 is 1.04 bits per heavy atom. The summed E-state index contributed by atoms with van der Waals surface area (Å²) < 4.78 is 0. The number of benzene rings is 1. The van der Waals surface area contributed by atoms with E-state index in [-0.39, 0.29) is 5.41 Å². The van der Waals surface area contributed by atoms with Gasteiger partial charge < -0.3 is 9.90 Å².